The summed E-state index contributed by atoms with van der Waals surface area (Å²) in [6.07, 6.45) is 1.48. The van der Waals surface area contributed by atoms with Crippen molar-refractivity contribution >= 4 is 17.6 Å². The van der Waals surface area contributed by atoms with Gasteiger partial charge in [0.15, 0.2) is 0 Å². The van der Waals surface area contributed by atoms with Crippen molar-refractivity contribution in [2.24, 2.45) is 0 Å². The molecule has 4 rings (SSSR count). The zero-order chi connectivity index (χ0) is 20.8. The molecule has 1 saturated heterocycles. The Kier molecular flexibility index (Phi) is 6.09. The molecule has 3 aromatic carbocycles. The first-order valence-electron chi connectivity index (χ1n) is 10.3. The van der Waals surface area contributed by atoms with Gasteiger partial charge in [-0.3, -0.25) is 4.79 Å². The van der Waals surface area contributed by atoms with Gasteiger partial charge < -0.3 is 15.5 Å². The van der Waals surface area contributed by atoms with E-state index in [1.165, 1.54) is 0 Å². The zero-order valence-electron chi connectivity index (χ0n) is 16.8. The molecule has 0 aliphatic carbocycles. The summed E-state index contributed by atoms with van der Waals surface area (Å²) >= 11 is 0. The second-order valence-electron chi connectivity index (χ2n) is 7.40. The first-order chi connectivity index (χ1) is 14.7. The first kappa shape index (κ1) is 19.7. The molecule has 0 unspecified atom stereocenters. The molecular formula is C25H25N3O2. The maximum Gasteiger partial charge on any atom is 0.318 e. The van der Waals surface area contributed by atoms with Crippen LogP contribution in [0.3, 0.4) is 0 Å². The Hall–Kier alpha value is -3.60. The van der Waals surface area contributed by atoms with Gasteiger partial charge >= 0.3 is 6.03 Å². The Morgan fingerprint density at radius 3 is 2.30 bits per heavy atom. The standard InChI is InChI=1S/C25H25N3O2/c29-24(27-22-15-8-7-14-21(22)20-12-5-2-6-13-20)23-16-9-17-28(23)25(30)26-18-19-10-3-1-4-11-19/h1-8,10-15,23H,9,16-18H2,(H,26,30)(H,27,29)/t23-/m0/s1. The van der Waals surface area contributed by atoms with Gasteiger partial charge in [-0.05, 0) is 30.0 Å². The van der Waals surface area contributed by atoms with Gasteiger partial charge in [0.25, 0.3) is 0 Å². The molecule has 3 aromatic rings. The Morgan fingerprint density at radius 2 is 1.53 bits per heavy atom. The predicted molar refractivity (Wildman–Crippen MR) is 119 cm³/mol. The third-order valence-electron chi connectivity index (χ3n) is 5.37. The smallest absolute Gasteiger partial charge is 0.318 e. The first-order valence-corrected chi connectivity index (χ1v) is 10.3. The van der Waals surface area contributed by atoms with Crippen molar-refractivity contribution < 1.29 is 9.59 Å². The summed E-state index contributed by atoms with van der Waals surface area (Å²) in [5.41, 5.74) is 3.79. The summed E-state index contributed by atoms with van der Waals surface area (Å²) in [7, 11) is 0. The highest BCUT2D eigenvalue weighted by molar-refractivity contribution is 6.00. The molecule has 1 fully saturated rings. The summed E-state index contributed by atoms with van der Waals surface area (Å²) in [5, 5.41) is 5.98. The third-order valence-corrected chi connectivity index (χ3v) is 5.37. The van der Waals surface area contributed by atoms with Gasteiger partial charge in [0.05, 0.1) is 0 Å². The number of benzene rings is 3. The Bertz CT molecular complexity index is 1010. The molecule has 0 aromatic heterocycles. The van der Waals surface area contributed by atoms with E-state index in [4.69, 9.17) is 0 Å². The number of likely N-dealkylation sites (tertiary alicyclic amines) is 1. The fourth-order valence-electron chi connectivity index (χ4n) is 3.84. The summed E-state index contributed by atoms with van der Waals surface area (Å²) in [4.78, 5) is 27.4. The zero-order valence-corrected chi connectivity index (χ0v) is 16.8. The predicted octanol–water partition coefficient (Wildman–Crippen LogP) is 4.67. The minimum absolute atomic E-state index is 0.147. The van der Waals surface area contributed by atoms with E-state index in [0.717, 1.165) is 28.8 Å². The largest absolute Gasteiger partial charge is 0.334 e. The van der Waals surface area contributed by atoms with Gasteiger partial charge in [-0.1, -0.05) is 78.9 Å². The molecular weight excluding hydrogens is 374 g/mol. The van der Waals surface area contributed by atoms with Crippen LogP contribution in [0.25, 0.3) is 11.1 Å². The van der Waals surface area contributed by atoms with Crippen LogP contribution < -0.4 is 10.6 Å². The number of anilines is 1. The van der Waals surface area contributed by atoms with Gasteiger partial charge in [-0.2, -0.15) is 0 Å². The van der Waals surface area contributed by atoms with Crippen molar-refractivity contribution in [1.29, 1.82) is 0 Å². The van der Waals surface area contributed by atoms with Gasteiger partial charge in [-0.25, -0.2) is 4.79 Å². The van der Waals surface area contributed by atoms with E-state index in [1.807, 2.05) is 84.9 Å². The second-order valence-corrected chi connectivity index (χ2v) is 7.40. The molecule has 1 atom stereocenters. The van der Waals surface area contributed by atoms with Crippen LogP contribution in [-0.4, -0.2) is 29.4 Å². The summed E-state index contributed by atoms with van der Waals surface area (Å²) in [5.74, 6) is -0.147. The van der Waals surface area contributed by atoms with Crippen molar-refractivity contribution in [2.75, 3.05) is 11.9 Å². The molecule has 30 heavy (non-hydrogen) atoms. The van der Waals surface area contributed by atoms with Gasteiger partial charge in [-0.15, -0.1) is 0 Å². The van der Waals surface area contributed by atoms with Crippen LogP contribution in [0.15, 0.2) is 84.9 Å². The minimum Gasteiger partial charge on any atom is -0.334 e. The lowest BCUT2D eigenvalue weighted by molar-refractivity contribution is -0.119. The maximum atomic E-state index is 13.1. The Labute approximate surface area is 176 Å². The number of amides is 3. The van der Waals surface area contributed by atoms with Crippen LogP contribution in [0.2, 0.25) is 0 Å². The van der Waals surface area contributed by atoms with Gasteiger partial charge in [0.2, 0.25) is 5.91 Å². The number of carbonyl (C=O) groups excluding carboxylic acids is 2. The van der Waals surface area contributed by atoms with Crippen LogP contribution in [0, 0.1) is 0 Å². The van der Waals surface area contributed by atoms with Crippen LogP contribution >= 0.6 is 0 Å². The molecule has 1 heterocycles. The third kappa shape index (κ3) is 4.51. The van der Waals surface area contributed by atoms with Gasteiger partial charge in [0.1, 0.15) is 6.04 Å². The monoisotopic (exact) mass is 399 g/mol. The quantitative estimate of drug-likeness (QED) is 0.655. The molecule has 1 aliphatic heterocycles. The van der Waals surface area contributed by atoms with E-state index < -0.39 is 6.04 Å². The van der Waals surface area contributed by atoms with E-state index in [2.05, 4.69) is 10.6 Å². The summed E-state index contributed by atoms with van der Waals surface area (Å²) < 4.78 is 0. The van der Waals surface area contributed by atoms with Gasteiger partial charge in [0, 0.05) is 24.3 Å². The molecule has 0 radical (unpaired) electrons. The molecule has 0 bridgehead atoms. The van der Waals surface area contributed by atoms with Crippen molar-refractivity contribution in [3.8, 4) is 11.1 Å². The average molecular weight is 399 g/mol. The lowest BCUT2D eigenvalue weighted by Crippen LogP contribution is -2.47. The number of nitrogens with one attached hydrogen (secondary N) is 2. The van der Waals surface area contributed by atoms with Crippen LogP contribution in [0.5, 0.6) is 0 Å². The molecule has 5 heteroatoms. The van der Waals surface area contributed by atoms with Crippen LogP contribution in [0.4, 0.5) is 10.5 Å². The Morgan fingerprint density at radius 1 is 0.867 bits per heavy atom. The molecule has 1 aliphatic rings. The highest BCUT2D eigenvalue weighted by Crippen LogP contribution is 2.28. The number of hydrogen-bond donors (Lipinski definition) is 2. The van der Waals surface area contributed by atoms with E-state index >= 15 is 0 Å². The van der Waals surface area contributed by atoms with Crippen molar-refractivity contribution in [3.63, 3.8) is 0 Å². The summed E-state index contributed by atoms with van der Waals surface area (Å²) in [6.45, 7) is 1.03. The fourth-order valence-corrected chi connectivity index (χ4v) is 3.84. The van der Waals surface area contributed by atoms with Crippen molar-refractivity contribution in [1.82, 2.24) is 10.2 Å². The molecule has 152 valence electrons. The fraction of sp³-hybridized carbons (Fsp3) is 0.200. The number of rotatable bonds is 5. The molecule has 0 saturated carbocycles. The van der Waals surface area contributed by atoms with Crippen LogP contribution in [-0.2, 0) is 11.3 Å². The van der Waals surface area contributed by atoms with E-state index in [0.29, 0.717) is 19.5 Å². The van der Waals surface area contributed by atoms with E-state index in [1.54, 1.807) is 4.90 Å². The SMILES string of the molecule is O=C(Nc1ccccc1-c1ccccc1)[C@@H]1CCCN1C(=O)NCc1ccccc1. The second kappa shape index (κ2) is 9.27. The van der Waals surface area contributed by atoms with Crippen molar-refractivity contribution in [2.45, 2.75) is 25.4 Å². The van der Waals surface area contributed by atoms with E-state index in [9.17, 15) is 9.59 Å². The lowest BCUT2D eigenvalue weighted by atomic mass is 10.0. The number of nitrogens with zero attached hydrogens (tertiary/aromatic N) is 1. The summed E-state index contributed by atoms with van der Waals surface area (Å²) in [6, 6.07) is 26.8. The van der Waals surface area contributed by atoms with Crippen molar-refractivity contribution in [3.05, 3.63) is 90.5 Å². The van der Waals surface area contributed by atoms with Crippen LogP contribution in [0.1, 0.15) is 18.4 Å². The minimum atomic E-state index is -0.468. The average Bonchev–Trinajstić information content (AvgIpc) is 3.29. The maximum absolute atomic E-state index is 13.1. The Balaban J connectivity index is 1.44. The molecule has 3 amide bonds. The number of carbonyl (C=O) groups is 2. The highest BCUT2D eigenvalue weighted by atomic mass is 16.2. The molecule has 2 N–H and O–H groups in total. The number of urea groups is 1. The topological polar surface area (TPSA) is 61.4 Å². The molecule has 0 spiro atoms. The van der Waals surface area contributed by atoms with E-state index in [-0.39, 0.29) is 11.9 Å². The number of hydrogen-bond acceptors (Lipinski definition) is 2. The normalized spacial score (nSPS) is 15.6. The highest BCUT2D eigenvalue weighted by Gasteiger charge is 2.34. The number of para-hydroxylation sites is 1. The lowest BCUT2D eigenvalue weighted by Gasteiger charge is -2.25. The molecule has 5 nitrogen and oxygen atoms in total.